The van der Waals surface area contributed by atoms with Crippen molar-refractivity contribution in [1.82, 2.24) is 0 Å². The zero-order chi connectivity index (χ0) is 16.4. The first kappa shape index (κ1) is 9.53. The van der Waals surface area contributed by atoms with E-state index < -0.39 is 6.85 Å². The van der Waals surface area contributed by atoms with Gasteiger partial charge in [0.15, 0.2) is 23.0 Å². The molecule has 0 radical (unpaired) electrons. The monoisotopic (exact) mass is 275 g/mol. The van der Waals surface area contributed by atoms with Gasteiger partial charge in [-0.3, -0.25) is 0 Å². The largest absolute Gasteiger partial charge is 0.454 e. The molecule has 4 rings (SSSR count). The van der Waals surface area contributed by atoms with E-state index in [4.69, 9.17) is 23.1 Å². The Kier molecular flexibility index (Phi) is 2.54. The van der Waals surface area contributed by atoms with Crippen molar-refractivity contribution in [1.29, 1.82) is 0 Å². The number of hydrogen-bond acceptors (Lipinski definition) is 4. The van der Waals surface area contributed by atoms with Gasteiger partial charge in [-0.15, -0.1) is 0 Å². The van der Waals surface area contributed by atoms with Gasteiger partial charge < -0.3 is 18.9 Å². The molecule has 0 N–H and O–H groups in total. The maximum atomic E-state index is 7.17. The molecule has 0 aliphatic carbocycles. The molecule has 0 fully saturated rings. The molecule has 2 aromatic rings. The van der Waals surface area contributed by atoms with Crippen LogP contribution in [-0.4, -0.2) is 13.6 Å². The van der Waals surface area contributed by atoms with Crippen molar-refractivity contribution in [3.8, 4) is 23.0 Å². The molecule has 2 aliphatic rings. The lowest BCUT2D eigenvalue weighted by molar-refractivity contribution is 0.173. The molecule has 0 aromatic heterocycles. The average Bonchev–Trinajstić information content (AvgIpc) is 3.14. The van der Waals surface area contributed by atoms with E-state index in [1.807, 2.05) is 25.1 Å². The van der Waals surface area contributed by atoms with E-state index in [0.717, 1.165) is 11.5 Å². The molecule has 0 saturated carbocycles. The molecule has 4 heteroatoms. The van der Waals surface area contributed by atoms with Gasteiger partial charge in [0.05, 0.1) is 0 Å². The van der Waals surface area contributed by atoms with Crippen molar-refractivity contribution in [2.75, 3.05) is 13.6 Å². The quantitative estimate of drug-likeness (QED) is 0.738. The molecule has 0 atom stereocenters. The number of hydrogen-bond donors (Lipinski definition) is 0. The molecular formula is C16H16O4. The van der Waals surface area contributed by atoms with Crippen molar-refractivity contribution in [3.63, 3.8) is 0 Å². The van der Waals surface area contributed by atoms with Crippen molar-refractivity contribution < 1.29 is 23.1 Å². The number of rotatable bonds is 0. The maximum Gasteiger partial charge on any atom is 0.231 e. The minimum Gasteiger partial charge on any atom is -0.454 e. The van der Waals surface area contributed by atoms with E-state index in [1.54, 1.807) is 6.07 Å². The van der Waals surface area contributed by atoms with Gasteiger partial charge in [0, 0.05) is 4.11 Å². The summed E-state index contributed by atoms with van der Waals surface area (Å²) in [6, 6.07) is 10.5. The fourth-order valence-electron chi connectivity index (χ4n) is 1.90. The minimum atomic E-state index is -2.08. The second kappa shape index (κ2) is 5.33. The third-order valence-electron chi connectivity index (χ3n) is 2.90. The second-order valence-corrected chi connectivity index (χ2v) is 4.42. The molecule has 2 heterocycles. The van der Waals surface area contributed by atoms with Crippen LogP contribution in [0.4, 0.5) is 0 Å². The molecule has 2 aromatic carbocycles. The van der Waals surface area contributed by atoms with Gasteiger partial charge in [-0.25, -0.2) is 0 Å². The summed E-state index contributed by atoms with van der Waals surface area (Å²) in [7, 11) is 0. The lowest BCUT2D eigenvalue weighted by Gasteiger charge is -1.94. The first-order chi connectivity index (χ1) is 10.9. The summed E-state index contributed by atoms with van der Waals surface area (Å²) in [6.45, 7) is 0.474. The lowest BCUT2D eigenvalue weighted by Crippen LogP contribution is -1.92. The van der Waals surface area contributed by atoms with Crippen LogP contribution in [0.3, 0.4) is 0 Å². The third-order valence-corrected chi connectivity index (χ3v) is 2.90. The van der Waals surface area contributed by atoms with E-state index in [0.29, 0.717) is 18.3 Å². The molecule has 0 spiro atoms. The number of benzene rings is 2. The summed E-state index contributed by atoms with van der Waals surface area (Å²) in [5.74, 6) is 2.83. The summed E-state index contributed by atoms with van der Waals surface area (Å²) in [4.78, 5) is 0. The Labute approximate surface area is 122 Å². The highest BCUT2D eigenvalue weighted by Crippen LogP contribution is 2.32. The Morgan fingerprint density at radius 2 is 1.25 bits per heavy atom. The Morgan fingerprint density at radius 1 is 0.750 bits per heavy atom. The first-order valence-corrected chi connectivity index (χ1v) is 6.20. The van der Waals surface area contributed by atoms with Gasteiger partial charge in [-0.2, -0.15) is 0 Å². The number of ether oxygens (including phenoxy) is 4. The highest BCUT2D eigenvalue weighted by atomic mass is 16.7. The van der Waals surface area contributed by atoms with Crippen LogP contribution in [-0.2, 0) is 0 Å². The van der Waals surface area contributed by atoms with Gasteiger partial charge in [-0.1, -0.05) is 12.1 Å². The molecule has 2 aliphatic heterocycles. The fraction of sp³-hybridized carbons (Fsp3) is 0.250. The first-order valence-electron chi connectivity index (χ1n) is 7.70. The summed E-state index contributed by atoms with van der Waals surface area (Å²) in [5.41, 5.74) is 1.47. The highest BCUT2D eigenvalue weighted by Gasteiger charge is 2.11. The Bertz CT molecular complexity index is 713. The third kappa shape index (κ3) is 2.64. The smallest absolute Gasteiger partial charge is 0.231 e. The van der Waals surface area contributed by atoms with E-state index in [9.17, 15) is 0 Å². The van der Waals surface area contributed by atoms with Crippen LogP contribution in [0.1, 0.15) is 15.2 Å². The van der Waals surface area contributed by atoms with Gasteiger partial charge in [0.1, 0.15) is 0 Å². The van der Waals surface area contributed by atoms with Crippen LogP contribution in [0, 0.1) is 13.8 Å². The molecule has 0 saturated heterocycles. The van der Waals surface area contributed by atoms with Crippen molar-refractivity contribution in [2.45, 2.75) is 13.8 Å². The zero-order valence-corrected chi connectivity index (χ0v) is 11.0. The fourth-order valence-corrected chi connectivity index (χ4v) is 1.90. The SMILES string of the molecule is Cc1ccc2c(c1)OCO2.[2H]C([2H])([2H])c1ccc2c(c1)OCO2. The molecule has 0 amide bonds. The predicted octanol–water partition coefficient (Wildman–Crippen LogP) is 3.45. The topological polar surface area (TPSA) is 36.9 Å². The average molecular weight is 275 g/mol. The van der Waals surface area contributed by atoms with Gasteiger partial charge in [0.25, 0.3) is 0 Å². The summed E-state index contributed by atoms with van der Waals surface area (Å²) >= 11 is 0. The van der Waals surface area contributed by atoms with Crippen LogP contribution in [0.5, 0.6) is 23.0 Å². The molecular weight excluding hydrogens is 256 g/mol. The van der Waals surface area contributed by atoms with Crippen LogP contribution < -0.4 is 18.9 Å². The van der Waals surface area contributed by atoms with Gasteiger partial charge in [0.2, 0.25) is 13.6 Å². The molecule has 104 valence electrons. The maximum absolute atomic E-state index is 7.17. The van der Waals surface area contributed by atoms with E-state index in [-0.39, 0.29) is 12.4 Å². The predicted molar refractivity (Wildman–Crippen MR) is 74.6 cm³/mol. The van der Waals surface area contributed by atoms with E-state index >= 15 is 0 Å². The molecule has 0 bridgehead atoms. The highest BCUT2D eigenvalue weighted by molar-refractivity contribution is 5.44. The van der Waals surface area contributed by atoms with Crippen molar-refractivity contribution in [2.24, 2.45) is 0 Å². The standard InChI is InChI=1S/2C8H8O2/c2*1-6-2-3-7-8(4-6)10-5-9-7/h2*2-4H,5H2,1H3/i1D3;. The summed E-state index contributed by atoms with van der Waals surface area (Å²) in [6.07, 6.45) is 0. The van der Waals surface area contributed by atoms with Crippen LogP contribution in [0.15, 0.2) is 36.4 Å². The number of aryl methyl sites for hydroxylation is 2. The van der Waals surface area contributed by atoms with E-state index in [1.165, 1.54) is 17.7 Å². The van der Waals surface area contributed by atoms with Crippen molar-refractivity contribution in [3.05, 3.63) is 47.5 Å². The van der Waals surface area contributed by atoms with Crippen molar-refractivity contribution >= 4 is 0 Å². The Balaban J connectivity index is 0.000000140. The van der Waals surface area contributed by atoms with Gasteiger partial charge in [-0.05, 0) is 49.2 Å². The van der Waals surface area contributed by atoms with Gasteiger partial charge >= 0.3 is 0 Å². The van der Waals surface area contributed by atoms with E-state index in [2.05, 4.69) is 0 Å². The Morgan fingerprint density at radius 3 is 1.85 bits per heavy atom. The number of fused-ring (bicyclic) bond motifs is 2. The molecule has 20 heavy (non-hydrogen) atoms. The molecule has 0 unspecified atom stereocenters. The minimum absolute atomic E-state index is 0.166. The van der Waals surface area contributed by atoms with Crippen LogP contribution >= 0.6 is 0 Å². The summed E-state index contributed by atoms with van der Waals surface area (Å²) < 4.78 is 41.9. The second-order valence-electron chi connectivity index (χ2n) is 4.42. The molecule has 4 nitrogen and oxygen atoms in total. The lowest BCUT2D eigenvalue weighted by atomic mass is 10.2. The van der Waals surface area contributed by atoms with Crippen LogP contribution in [0.25, 0.3) is 0 Å². The zero-order valence-electron chi connectivity index (χ0n) is 14.0. The Hall–Kier alpha value is -2.36. The van der Waals surface area contributed by atoms with Crippen LogP contribution in [0.2, 0.25) is 0 Å². The normalized spacial score (nSPS) is 16.6. The summed E-state index contributed by atoms with van der Waals surface area (Å²) in [5, 5.41) is 0.